The van der Waals surface area contributed by atoms with Crippen LogP contribution in [0.4, 0.5) is 0 Å². The van der Waals surface area contributed by atoms with E-state index < -0.39 is 0 Å². The van der Waals surface area contributed by atoms with Crippen molar-refractivity contribution in [3.05, 3.63) is 66.5 Å². The van der Waals surface area contributed by atoms with Gasteiger partial charge in [0.25, 0.3) is 0 Å². The molecular formula is C22H31IN2O. The second-order valence-corrected chi connectivity index (χ2v) is 6.66. The minimum atomic E-state index is -0.0725. The normalized spacial score (nSPS) is 11.4. The maximum atomic E-state index is 12.1. The second kappa shape index (κ2) is 13.7. The standard InChI is InChI=1S/C22H30N2O.HI/c1-20(21-14-8-6-9-15-21)22(25)23-16-10-4-2-3-5-11-17-24-18-12-7-13-19-24;/h6-9,12-15,18-20H,2-5,10-11,16-17H2,1H3;1H/t20-;/m1./s1. The highest BCUT2D eigenvalue weighted by atomic mass is 127. The average molecular weight is 466 g/mol. The van der Waals surface area contributed by atoms with Crippen molar-refractivity contribution in [3.63, 3.8) is 0 Å². The Balaban J connectivity index is 0.00000338. The lowest BCUT2D eigenvalue weighted by Gasteiger charge is -2.12. The predicted octanol–water partition coefficient (Wildman–Crippen LogP) is 1.24. The summed E-state index contributed by atoms with van der Waals surface area (Å²) in [5.41, 5.74) is 1.08. The van der Waals surface area contributed by atoms with Gasteiger partial charge < -0.3 is 29.3 Å². The van der Waals surface area contributed by atoms with Crippen molar-refractivity contribution >= 4 is 5.91 Å². The molecule has 0 radical (unpaired) electrons. The van der Waals surface area contributed by atoms with Gasteiger partial charge in [0.15, 0.2) is 12.4 Å². The fourth-order valence-electron chi connectivity index (χ4n) is 2.97. The summed E-state index contributed by atoms with van der Waals surface area (Å²) in [6, 6.07) is 16.2. The van der Waals surface area contributed by atoms with Gasteiger partial charge in [-0.1, -0.05) is 55.7 Å². The van der Waals surface area contributed by atoms with Crippen molar-refractivity contribution in [3.8, 4) is 0 Å². The van der Waals surface area contributed by atoms with Crippen LogP contribution in [0.2, 0.25) is 0 Å². The number of hydrogen-bond donors (Lipinski definition) is 1. The molecule has 0 spiro atoms. The Morgan fingerprint density at radius 3 is 2.15 bits per heavy atom. The van der Waals surface area contributed by atoms with E-state index in [0.717, 1.165) is 25.1 Å². The summed E-state index contributed by atoms with van der Waals surface area (Å²) in [6.45, 7) is 3.86. The van der Waals surface area contributed by atoms with E-state index in [9.17, 15) is 4.79 Å². The molecule has 1 heterocycles. The van der Waals surface area contributed by atoms with Gasteiger partial charge in [0.05, 0.1) is 5.92 Å². The minimum Gasteiger partial charge on any atom is -1.00 e. The molecule has 0 saturated heterocycles. The molecule has 142 valence electrons. The van der Waals surface area contributed by atoms with Crippen LogP contribution in [0.25, 0.3) is 0 Å². The molecule has 0 unspecified atom stereocenters. The van der Waals surface area contributed by atoms with Crippen molar-refractivity contribution in [2.24, 2.45) is 0 Å². The number of halogens is 1. The van der Waals surface area contributed by atoms with Gasteiger partial charge in [-0.25, -0.2) is 4.57 Å². The number of nitrogens with zero attached hydrogens (tertiary/aromatic N) is 1. The lowest BCUT2D eigenvalue weighted by molar-refractivity contribution is -0.697. The van der Waals surface area contributed by atoms with Gasteiger partial charge in [-0.05, 0) is 25.3 Å². The Bertz CT molecular complexity index is 604. The van der Waals surface area contributed by atoms with E-state index in [1.807, 2.05) is 37.3 Å². The van der Waals surface area contributed by atoms with Gasteiger partial charge in [-0.2, -0.15) is 0 Å². The van der Waals surface area contributed by atoms with Crippen LogP contribution in [-0.2, 0) is 11.3 Å². The van der Waals surface area contributed by atoms with Crippen LogP contribution < -0.4 is 33.9 Å². The molecule has 4 heteroatoms. The Labute approximate surface area is 175 Å². The molecule has 1 atom stereocenters. The molecule has 2 rings (SSSR count). The van der Waals surface area contributed by atoms with Gasteiger partial charge in [0.2, 0.25) is 5.91 Å². The Hall–Kier alpha value is -1.43. The molecule has 0 fully saturated rings. The molecule has 0 bridgehead atoms. The number of unbranched alkanes of at least 4 members (excludes halogenated alkanes) is 5. The van der Waals surface area contributed by atoms with Crippen molar-refractivity contribution in [2.45, 2.75) is 57.9 Å². The largest absolute Gasteiger partial charge is 1.00 e. The fourth-order valence-corrected chi connectivity index (χ4v) is 2.97. The summed E-state index contributed by atoms with van der Waals surface area (Å²) in [6.07, 6.45) is 11.6. The van der Waals surface area contributed by atoms with Crippen LogP contribution in [0.3, 0.4) is 0 Å². The molecule has 0 saturated carbocycles. The van der Waals surface area contributed by atoms with Gasteiger partial charge in [0.1, 0.15) is 6.54 Å². The predicted molar refractivity (Wildman–Crippen MR) is 102 cm³/mol. The summed E-state index contributed by atoms with van der Waals surface area (Å²) in [7, 11) is 0. The number of carbonyl (C=O) groups excluding carboxylic acids is 1. The molecule has 0 aliphatic carbocycles. The molecule has 26 heavy (non-hydrogen) atoms. The first-order valence-corrected chi connectivity index (χ1v) is 9.54. The minimum absolute atomic E-state index is 0. The number of carbonyl (C=O) groups is 1. The van der Waals surface area contributed by atoms with Crippen molar-refractivity contribution in [1.29, 1.82) is 0 Å². The quantitative estimate of drug-likeness (QED) is 0.302. The van der Waals surface area contributed by atoms with E-state index in [2.05, 4.69) is 40.5 Å². The maximum Gasteiger partial charge on any atom is 0.227 e. The Morgan fingerprint density at radius 2 is 1.46 bits per heavy atom. The molecule has 2 aromatic rings. The zero-order chi connectivity index (χ0) is 17.7. The first-order valence-electron chi connectivity index (χ1n) is 9.54. The summed E-state index contributed by atoms with van der Waals surface area (Å²) < 4.78 is 2.24. The van der Waals surface area contributed by atoms with Crippen molar-refractivity contribution < 1.29 is 33.3 Å². The zero-order valence-corrected chi connectivity index (χ0v) is 17.9. The SMILES string of the molecule is C[C@@H](C(=O)NCCCCCCCC[n+]1ccccc1)c1ccccc1.[I-]. The topological polar surface area (TPSA) is 33.0 Å². The third kappa shape index (κ3) is 8.79. The smallest absolute Gasteiger partial charge is 0.227 e. The fraction of sp³-hybridized carbons (Fsp3) is 0.455. The molecule has 0 aliphatic heterocycles. The Kier molecular flexibility index (Phi) is 11.9. The van der Waals surface area contributed by atoms with Crippen molar-refractivity contribution in [1.82, 2.24) is 5.32 Å². The van der Waals surface area contributed by atoms with Crippen LogP contribution in [-0.4, -0.2) is 12.5 Å². The summed E-state index contributed by atoms with van der Waals surface area (Å²) in [5, 5.41) is 3.06. The monoisotopic (exact) mass is 466 g/mol. The maximum absolute atomic E-state index is 12.1. The molecule has 3 nitrogen and oxygen atoms in total. The number of rotatable bonds is 11. The van der Waals surface area contributed by atoms with E-state index in [-0.39, 0.29) is 35.8 Å². The average Bonchev–Trinajstić information content (AvgIpc) is 2.67. The van der Waals surface area contributed by atoms with Gasteiger partial charge >= 0.3 is 0 Å². The Morgan fingerprint density at radius 1 is 0.885 bits per heavy atom. The molecule has 0 aliphatic rings. The van der Waals surface area contributed by atoms with Gasteiger partial charge in [-0.15, -0.1) is 0 Å². The van der Waals surface area contributed by atoms with Crippen LogP contribution >= 0.6 is 0 Å². The number of amides is 1. The van der Waals surface area contributed by atoms with E-state index in [0.29, 0.717) is 0 Å². The highest BCUT2D eigenvalue weighted by Gasteiger charge is 2.13. The highest BCUT2D eigenvalue weighted by molar-refractivity contribution is 5.83. The molecular weight excluding hydrogens is 435 g/mol. The number of aryl methyl sites for hydroxylation is 1. The second-order valence-electron chi connectivity index (χ2n) is 6.66. The summed E-state index contributed by atoms with van der Waals surface area (Å²) in [5.74, 6) is 0.0581. The molecule has 1 aromatic heterocycles. The molecule has 1 amide bonds. The number of aromatic nitrogens is 1. The van der Waals surface area contributed by atoms with Crippen LogP contribution in [0.1, 0.15) is 56.9 Å². The number of benzene rings is 1. The first-order chi connectivity index (χ1) is 12.3. The number of nitrogens with one attached hydrogen (secondary N) is 1. The van der Waals surface area contributed by atoms with Crippen molar-refractivity contribution in [2.75, 3.05) is 6.54 Å². The number of pyridine rings is 1. The van der Waals surface area contributed by atoms with Gasteiger partial charge in [-0.3, -0.25) is 4.79 Å². The van der Waals surface area contributed by atoms with E-state index in [1.165, 1.54) is 32.1 Å². The van der Waals surface area contributed by atoms with E-state index in [1.54, 1.807) is 0 Å². The lowest BCUT2D eigenvalue weighted by Crippen LogP contribution is -3.00. The molecule has 1 N–H and O–H groups in total. The molecule has 1 aromatic carbocycles. The zero-order valence-electron chi connectivity index (χ0n) is 15.7. The van der Waals surface area contributed by atoms with E-state index in [4.69, 9.17) is 0 Å². The number of hydrogen-bond acceptors (Lipinski definition) is 1. The van der Waals surface area contributed by atoms with Crippen LogP contribution in [0.15, 0.2) is 60.9 Å². The van der Waals surface area contributed by atoms with Crippen LogP contribution in [0.5, 0.6) is 0 Å². The third-order valence-electron chi connectivity index (χ3n) is 4.61. The van der Waals surface area contributed by atoms with Gasteiger partial charge in [0, 0.05) is 25.1 Å². The third-order valence-corrected chi connectivity index (χ3v) is 4.61. The van der Waals surface area contributed by atoms with Crippen LogP contribution in [0, 0.1) is 0 Å². The summed E-state index contributed by atoms with van der Waals surface area (Å²) >= 11 is 0. The summed E-state index contributed by atoms with van der Waals surface area (Å²) in [4.78, 5) is 12.1. The van der Waals surface area contributed by atoms with E-state index >= 15 is 0 Å². The lowest BCUT2D eigenvalue weighted by atomic mass is 10.0. The highest BCUT2D eigenvalue weighted by Crippen LogP contribution is 2.14. The first kappa shape index (κ1) is 22.6.